The number of unbranched alkanes of at least 4 members (excludes halogenated alkanes) is 18. The van der Waals surface area contributed by atoms with Crippen LogP contribution in [-0.4, -0.2) is 0 Å². The van der Waals surface area contributed by atoms with Crippen molar-refractivity contribution in [3.8, 4) is 0 Å². The minimum absolute atomic E-state index is 0.549. The summed E-state index contributed by atoms with van der Waals surface area (Å²) >= 11 is 0. The first kappa shape index (κ1) is 28.7. The third-order valence-corrected chi connectivity index (χ3v) is 7.50. The van der Waals surface area contributed by atoms with Crippen LogP contribution in [0.25, 0.3) is 0 Å². The van der Waals surface area contributed by atoms with E-state index in [0.29, 0.717) is 5.92 Å². The van der Waals surface area contributed by atoms with Crippen LogP contribution in [0.2, 0.25) is 0 Å². The van der Waals surface area contributed by atoms with Crippen LogP contribution in [0.4, 0.5) is 0 Å². The topological polar surface area (TPSA) is 0 Å². The van der Waals surface area contributed by atoms with Gasteiger partial charge in [-0.05, 0) is 17.5 Å². The maximum atomic E-state index is 2.30. The summed E-state index contributed by atoms with van der Waals surface area (Å²) in [6.45, 7) is 2.30. The van der Waals surface area contributed by atoms with Gasteiger partial charge < -0.3 is 0 Å². The number of hydrogen-bond donors (Lipinski definition) is 0. The predicted molar refractivity (Wildman–Crippen MR) is 153 cm³/mol. The normalized spacial score (nSPS) is 11.4. The second-order valence-electron chi connectivity index (χ2n) is 10.5. The van der Waals surface area contributed by atoms with Crippen molar-refractivity contribution >= 4 is 0 Å². The molecule has 0 amide bonds. The Morgan fingerprint density at radius 3 is 1.00 bits per heavy atom. The maximum Gasteiger partial charge on any atom is 0.00893 e. The maximum absolute atomic E-state index is 2.30. The number of hydrogen-bond acceptors (Lipinski definition) is 0. The SMILES string of the molecule is CCCCCCCCCCCCCCCCCCCCCC(c1ccccc1)c1ccccc1. The largest absolute Gasteiger partial charge is 0.0654 e. The lowest BCUT2D eigenvalue weighted by atomic mass is 9.87. The van der Waals surface area contributed by atoms with E-state index in [1.807, 2.05) is 0 Å². The number of benzene rings is 2. The Morgan fingerprint density at radius 1 is 0.382 bits per heavy atom. The fourth-order valence-electron chi connectivity index (χ4n) is 5.32. The molecule has 0 bridgehead atoms. The van der Waals surface area contributed by atoms with E-state index in [1.54, 1.807) is 0 Å². The van der Waals surface area contributed by atoms with Crippen molar-refractivity contribution in [3.05, 3.63) is 71.8 Å². The fourth-order valence-corrected chi connectivity index (χ4v) is 5.32. The molecule has 0 aliphatic rings. The molecule has 2 rings (SSSR count). The highest BCUT2D eigenvalue weighted by atomic mass is 14.2. The standard InChI is InChI=1S/C34H54/c1-2-3-4-5-6-7-8-9-10-11-12-13-14-15-16-17-18-19-26-31-34(32-27-22-20-23-28-32)33-29-24-21-25-30-33/h20-25,27-30,34H,2-19,26,31H2,1H3. The van der Waals surface area contributed by atoms with Gasteiger partial charge in [-0.15, -0.1) is 0 Å². The van der Waals surface area contributed by atoms with Crippen LogP contribution in [0, 0.1) is 0 Å². The van der Waals surface area contributed by atoms with Gasteiger partial charge in [-0.25, -0.2) is 0 Å². The van der Waals surface area contributed by atoms with Crippen molar-refractivity contribution in [2.75, 3.05) is 0 Å². The minimum Gasteiger partial charge on any atom is -0.0654 e. The molecular weight excluding hydrogens is 408 g/mol. The van der Waals surface area contributed by atoms with Gasteiger partial charge >= 0.3 is 0 Å². The van der Waals surface area contributed by atoms with Crippen LogP contribution in [0.1, 0.15) is 152 Å². The second-order valence-corrected chi connectivity index (χ2v) is 10.5. The zero-order chi connectivity index (χ0) is 23.9. The van der Waals surface area contributed by atoms with Gasteiger partial charge in [0.2, 0.25) is 0 Å². The summed E-state index contributed by atoms with van der Waals surface area (Å²) in [5, 5.41) is 0. The molecule has 0 spiro atoms. The molecule has 0 saturated heterocycles. The van der Waals surface area contributed by atoms with E-state index in [2.05, 4.69) is 67.6 Å². The van der Waals surface area contributed by atoms with Crippen LogP contribution < -0.4 is 0 Å². The highest BCUT2D eigenvalue weighted by Gasteiger charge is 2.13. The Balaban J connectivity index is 1.39. The molecular formula is C34H54. The van der Waals surface area contributed by atoms with Crippen LogP contribution in [0.15, 0.2) is 60.7 Å². The monoisotopic (exact) mass is 462 g/mol. The van der Waals surface area contributed by atoms with Crippen molar-refractivity contribution in [3.63, 3.8) is 0 Å². The Bertz CT molecular complexity index is 619. The summed E-state index contributed by atoms with van der Waals surface area (Å²) in [4.78, 5) is 0. The molecule has 0 unspecified atom stereocenters. The molecule has 34 heavy (non-hydrogen) atoms. The zero-order valence-corrected chi connectivity index (χ0v) is 22.5. The van der Waals surface area contributed by atoms with E-state index in [-0.39, 0.29) is 0 Å². The summed E-state index contributed by atoms with van der Waals surface area (Å²) in [7, 11) is 0. The van der Waals surface area contributed by atoms with Gasteiger partial charge in [0.25, 0.3) is 0 Å². The number of rotatable bonds is 22. The lowest BCUT2D eigenvalue weighted by Crippen LogP contribution is -2.01. The van der Waals surface area contributed by atoms with E-state index >= 15 is 0 Å². The Labute approximate surface area is 213 Å². The van der Waals surface area contributed by atoms with E-state index in [4.69, 9.17) is 0 Å². The third kappa shape index (κ3) is 14.0. The molecule has 0 aliphatic carbocycles. The zero-order valence-electron chi connectivity index (χ0n) is 22.5. The highest BCUT2D eigenvalue weighted by Crippen LogP contribution is 2.30. The Morgan fingerprint density at radius 2 is 0.676 bits per heavy atom. The van der Waals surface area contributed by atoms with Gasteiger partial charge in [-0.3, -0.25) is 0 Å². The molecule has 0 fully saturated rings. The molecule has 2 aromatic carbocycles. The first-order chi connectivity index (χ1) is 16.9. The van der Waals surface area contributed by atoms with E-state index in [9.17, 15) is 0 Å². The smallest absolute Gasteiger partial charge is 0.00893 e. The summed E-state index contributed by atoms with van der Waals surface area (Å²) in [6, 6.07) is 22.2. The van der Waals surface area contributed by atoms with Crippen LogP contribution in [0.5, 0.6) is 0 Å². The van der Waals surface area contributed by atoms with Crippen molar-refractivity contribution < 1.29 is 0 Å². The summed E-state index contributed by atoms with van der Waals surface area (Å²) in [6.07, 6.45) is 28.7. The first-order valence-corrected chi connectivity index (χ1v) is 15.0. The van der Waals surface area contributed by atoms with Gasteiger partial charge in [0.05, 0.1) is 0 Å². The van der Waals surface area contributed by atoms with Gasteiger partial charge in [0, 0.05) is 5.92 Å². The van der Waals surface area contributed by atoms with Crippen LogP contribution in [0.3, 0.4) is 0 Å². The third-order valence-electron chi connectivity index (χ3n) is 7.50. The van der Waals surface area contributed by atoms with E-state index < -0.39 is 0 Å². The van der Waals surface area contributed by atoms with Crippen molar-refractivity contribution in [2.45, 2.75) is 141 Å². The summed E-state index contributed by atoms with van der Waals surface area (Å²) < 4.78 is 0. The summed E-state index contributed by atoms with van der Waals surface area (Å²) in [5.74, 6) is 0.549. The molecule has 0 aliphatic heterocycles. The van der Waals surface area contributed by atoms with Gasteiger partial charge in [-0.2, -0.15) is 0 Å². The molecule has 0 atom stereocenters. The van der Waals surface area contributed by atoms with E-state index in [1.165, 1.54) is 140 Å². The second kappa shape index (κ2) is 20.8. The molecule has 0 nitrogen and oxygen atoms in total. The molecule has 0 aromatic heterocycles. The van der Waals surface area contributed by atoms with Gasteiger partial charge in [0.15, 0.2) is 0 Å². The molecule has 0 heteroatoms. The molecule has 0 heterocycles. The highest BCUT2D eigenvalue weighted by molar-refractivity contribution is 5.32. The predicted octanol–water partition coefficient (Wildman–Crippen LogP) is 11.6. The van der Waals surface area contributed by atoms with Crippen molar-refractivity contribution in [1.29, 1.82) is 0 Å². The fraction of sp³-hybridized carbons (Fsp3) is 0.647. The molecule has 0 radical (unpaired) electrons. The lowest BCUT2D eigenvalue weighted by molar-refractivity contribution is 0.519. The summed E-state index contributed by atoms with van der Waals surface area (Å²) in [5.41, 5.74) is 2.94. The van der Waals surface area contributed by atoms with Crippen LogP contribution >= 0.6 is 0 Å². The molecule has 0 N–H and O–H groups in total. The van der Waals surface area contributed by atoms with Crippen LogP contribution in [-0.2, 0) is 0 Å². The Kier molecular flexibility index (Phi) is 17.5. The molecule has 2 aromatic rings. The first-order valence-electron chi connectivity index (χ1n) is 15.0. The van der Waals surface area contributed by atoms with Crippen molar-refractivity contribution in [2.24, 2.45) is 0 Å². The quantitative estimate of drug-likeness (QED) is 0.153. The minimum atomic E-state index is 0.549. The molecule has 190 valence electrons. The van der Waals surface area contributed by atoms with Gasteiger partial charge in [0.1, 0.15) is 0 Å². The average Bonchev–Trinajstić information content (AvgIpc) is 2.88. The Hall–Kier alpha value is -1.56. The average molecular weight is 463 g/mol. The van der Waals surface area contributed by atoms with E-state index in [0.717, 1.165) is 0 Å². The van der Waals surface area contributed by atoms with Gasteiger partial charge in [-0.1, -0.05) is 190 Å². The van der Waals surface area contributed by atoms with Crippen molar-refractivity contribution in [1.82, 2.24) is 0 Å². The lowest BCUT2D eigenvalue weighted by Gasteiger charge is -2.18. The molecule has 0 saturated carbocycles.